The van der Waals surface area contributed by atoms with Gasteiger partial charge in [-0.1, -0.05) is 18.2 Å². The van der Waals surface area contributed by atoms with E-state index in [4.69, 9.17) is 4.74 Å². The Bertz CT molecular complexity index is 572. The van der Waals surface area contributed by atoms with E-state index in [0.717, 1.165) is 17.3 Å². The number of anilines is 3. The number of aryl methyl sites for hydroxylation is 1. The number of hydrogen-bond acceptors (Lipinski definition) is 5. The summed E-state index contributed by atoms with van der Waals surface area (Å²) in [5, 5.41) is 6.35. The normalized spacial score (nSPS) is 10.3. The summed E-state index contributed by atoms with van der Waals surface area (Å²) >= 11 is 0. The van der Waals surface area contributed by atoms with Gasteiger partial charge >= 0.3 is 0 Å². The van der Waals surface area contributed by atoms with Crippen molar-refractivity contribution < 1.29 is 4.74 Å². The van der Waals surface area contributed by atoms with Crippen molar-refractivity contribution in [3.63, 3.8) is 0 Å². The van der Waals surface area contributed by atoms with Crippen LogP contribution >= 0.6 is 0 Å². The van der Waals surface area contributed by atoms with Crippen LogP contribution in [-0.4, -0.2) is 23.6 Å². The molecule has 20 heavy (non-hydrogen) atoms. The van der Waals surface area contributed by atoms with Crippen molar-refractivity contribution >= 4 is 17.3 Å². The molecule has 5 nitrogen and oxygen atoms in total. The first-order chi connectivity index (χ1) is 9.72. The van der Waals surface area contributed by atoms with Crippen molar-refractivity contribution in [2.24, 2.45) is 0 Å². The summed E-state index contributed by atoms with van der Waals surface area (Å²) < 4.78 is 5.37. The summed E-state index contributed by atoms with van der Waals surface area (Å²) in [7, 11) is 1.84. The smallest absolute Gasteiger partial charge is 0.158 e. The molecule has 0 saturated heterocycles. The van der Waals surface area contributed by atoms with Crippen LogP contribution in [0, 0.1) is 6.92 Å². The molecule has 0 aliphatic heterocycles. The van der Waals surface area contributed by atoms with Crippen LogP contribution in [0.3, 0.4) is 0 Å². The van der Waals surface area contributed by atoms with Crippen LogP contribution in [0.2, 0.25) is 0 Å². The van der Waals surface area contributed by atoms with Gasteiger partial charge in [0, 0.05) is 25.4 Å². The Labute approximate surface area is 119 Å². The lowest BCUT2D eigenvalue weighted by atomic mass is 10.2. The average molecular weight is 272 g/mol. The second kappa shape index (κ2) is 6.86. The summed E-state index contributed by atoms with van der Waals surface area (Å²) in [5.41, 5.74) is 2.21. The third kappa shape index (κ3) is 3.68. The van der Waals surface area contributed by atoms with Crippen LogP contribution in [0.15, 0.2) is 30.3 Å². The Hall–Kier alpha value is -2.14. The number of rotatable bonds is 6. The molecule has 2 N–H and O–H groups in total. The standard InChI is InChI=1S/C15H20N4O/c1-4-20-10-15-18-13(16-3)9-14(19-15)17-12-8-6-5-7-11(12)2/h5-9H,4,10H2,1-3H3,(H2,16,17,18,19). The minimum absolute atomic E-state index is 0.411. The average Bonchev–Trinajstić information content (AvgIpc) is 2.47. The molecule has 0 atom stereocenters. The predicted octanol–water partition coefficient (Wildman–Crippen LogP) is 3.11. The summed E-state index contributed by atoms with van der Waals surface area (Å²) in [6.45, 7) is 5.07. The van der Waals surface area contributed by atoms with Gasteiger partial charge in [0.05, 0.1) is 0 Å². The first kappa shape index (κ1) is 14.3. The van der Waals surface area contributed by atoms with Crippen molar-refractivity contribution in [1.29, 1.82) is 0 Å². The van der Waals surface area contributed by atoms with E-state index in [1.807, 2.05) is 38.2 Å². The number of aromatic nitrogens is 2. The van der Waals surface area contributed by atoms with Gasteiger partial charge in [-0.25, -0.2) is 9.97 Å². The van der Waals surface area contributed by atoms with E-state index < -0.39 is 0 Å². The lowest BCUT2D eigenvalue weighted by Crippen LogP contribution is -2.06. The lowest BCUT2D eigenvalue weighted by molar-refractivity contribution is 0.128. The van der Waals surface area contributed by atoms with Gasteiger partial charge in [0.25, 0.3) is 0 Å². The molecule has 0 amide bonds. The van der Waals surface area contributed by atoms with Crippen LogP contribution in [0.25, 0.3) is 0 Å². The van der Waals surface area contributed by atoms with Crippen molar-refractivity contribution in [3.05, 3.63) is 41.7 Å². The molecule has 5 heteroatoms. The number of para-hydroxylation sites is 1. The molecule has 0 aliphatic rings. The minimum atomic E-state index is 0.411. The topological polar surface area (TPSA) is 59.1 Å². The van der Waals surface area contributed by atoms with Gasteiger partial charge < -0.3 is 15.4 Å². The van der Waals surface area contributed by atoms with Crippen molar-refractivity contribution in [2.45, 2.75) is 20.5 Å². The van der Waals surface area contributed by atoms with E-state index in [2.05, 4.69) is 33.6 Å². The molecule has 106 valence electrons. The highest BCUT2D eigenvalue weighted by Gasteiger charge is 2.05. The first-order valence-corrected chi connectivity index (χ1v) is 6.69. The highest BCUT2D eigenvalue weighted by Crippen LogP contribution is 2.20. The third-order valence-corrected chi connectivity index (χ3v) is 2.87. The minimum Gasteiger partial charge on any atom is -0.374 e. The van der Waals surface area contributed by atoms with Crippen LogP contribution < -0.4 is 10.6 Å². The summed E-state index contributed by atoms with van der Waals surface area (Å²) in [6.07, 6.45) is 0. The molecular weight excluding hydrogens is 252 g/mol. The fourth-order valence-corrected chi connectivity index (χ4v) is 1.80. The highest BCUT2D eigenvalue weighted by molar-refractivity contribution is 5.62. The Morgan fingerprint density at radius 3 is 2.60 bits per heavy atom. The second-order valence-electron chi connectivity index (χ2n) is 4.38. The predicted molar refractivity (Wildman–Crippen MR) is 81.4 cm³/mol. The summed E-state index contributed by atoms with van der Waals surface area (Å²) in [5.74, 6) is 2.19. The van der Waals surface area contributed by atoms with Crippen molar-refractivity contribution in [2.75, 3.05) is 24.3 Å². The lowest BCUT2D eigenvalue weighted by Gasteiger charge is -2.11. The number of nitrogens with zero attached hydrogens (tertiary/aromatic N) is 2. The molecular formula is C15H20N4O. The quantitative estimate of drug-likeness (QED) is 0.846. The fraction of sp³-hybridized carbons (Fsp3) is 0.333. The zero-order valence-electron chi connectivity index (χ0n) is 12.1. The van der Waals surface area contributed by atoms with Crippen LogP contribution in [0.4, 0.5) is 17.3 Å². The third-order valence-electron chi connectivity index (χ3n) is 2.87. The van der Waals surface area contributed by atoms with Gasteiger partial charge in [0.2, 0.25) is 0 Å². The molecule has 0 saturated carbocycles. The maximum absolute atomic E-state index is 5.37. The molecule has 0 unspecified atom stereocenters. The van der Waals surface area contributed by atoms with Crippen molar-refractivity contribution in [1.82, 2.24) is 9.97 Å². The molecule has 1 aromatic heterocycles. The molecule has 2 aromatic rings. The Morgan fingerprint density at radius 2 is 1.90 bits per heavy atom. The number of benzene rings is 1. The molecule has 0 spiro atoms. The fourth-order valence-electron chi connectivity index (χ4n) is 1.80. The maximum atomic E-state index is 5.37. The number of nitrogens with one attached hydrogen (secondary N) is 2. The monoisotopic (exact) mass is 272 g/mol. The highest BCUT2D eigenvalue weighted by atomic mass is 16.5. The van der Waals surface area contributed by atoms with E-state index >= 15 is 0 Å². The molecule has 0 aliphatic carbocycles. The van der Waals surface area contributed by atoms with Gasteiger partial charge in [0.15, 0.2) is 5.82 Å². The Morgan fingerprint density at radius 1 is 1.15 bits per heavy atom. The molecule has 1 aromatic carbocycles. The Kier molecular flexibility index (Phi) is 4.90. The van der Waals surface area contributed by atoms with Gasteiger partial charge in [-0.2, -0.15) is 0 Å². The largest absolute Gasteiger partial charge is 0.374 e. The van der Waals surface area contributed by atoms with Crippen molar-refractivity contribution in [3.8, 4) is 0 Å². The molecule has 0 bridgehead atoms. The van der Waals surface area contributed by atoms with Crippen LogP contribution in [0.1, 0.15) is 18.3 Å². The van der Waals surface area contributed by atoms with E-state index in [-0.39, 0.29) is 0 Å². The molecule has 1 heterocycles. The SMILES string of the molecule is CCOCc1nc(NC)cc(Nc2ccccc2C)n1. The van der Waals surface area contributed by atoms with Gasteiger partial charge in [0.1, 0.15) is 18.2 Å². The van der Waals surface area contributed by atoms with E-state index in [1.54, 1.807) is 0 Å². The van der Waals surface area contributed by atoms with Gasteiger partial charge in [-0.05, 0) is 25.5 Å². The van der Waals surface area contributed by atoms with Gasteiger partial charge in [-0.15, -0.1) is 0 Å². The summed E-state index contributed by atoms with van der Waals surface area (Å²) in [4.78, 5) is 8.83. The molecule has 0 radical (unpaired) electrons. The molecule has 2 rings (SSSR count). The number of hydrogen-bond donors (Lipinski definition) is 2. The van der Waals surface area contributed by atoms with Crippen LogP contribution in [0.5, 0.6) is 0 Å². The van der Waals surface area contributed by atoms with E-state index in [0.29, 0.717) is 19.0 Å². The second-order valence-corrected chi connectivity index (χ2v) is 4.38. The van der Waals surface area contributed by atoms with Crippen LogP contribution in [-0.2, 0) is 11.3 Å². The Balaban J connectivity index is 2.24. The first-order valence-electron chi connectivity index (χ1n) is 6.69. The number of ether oxygens (including phenoxy) is 1. The maximum Gasteiger partial charge on any atom is 0.158 e. The van der Waals surface area contributed by atoms with E-state index in [1.165, 1.54) is 5.56 Å². The summed E-state index contributed by atoms with van der Waals surface area (Å²) in [6, 6.07) is 9.97. The van der Waals surface area contributed by atoms with Gasteiger partial charge in [-0.3, -0.25) is 0 Å². The van der Waals surface area contributed by atoms with E-state index in [9.17, 15) is 0 Å². The molecule has 0 fully saturated rings. The zero-order valence-corrected chi connectivity index (χ0v) is 12.1. The zero-order chi connectivity index (χ0) is 14.4.